The molecule has 1 aromatic heterocycles. The van der Waals surface area contributed by atoms with Crippen molar-refractivity contribution in [2.45, 2.75) is 52.1 Å². The number of hydrogen-bond donors (Lipinski definition) is 1. The lowest BCUT2D eigenvalue weighted by Crippen LogP contribution is -2.36. The minimum atomic E-state index is -0.860. The van der Waals surface area contributed by atoms with Gasteiger partial charge in [0, 0.05) is 6.54 Å². The highest BCUT2D eigenvalue weighted by atomic mass is 32.1. The third kappa shape index (κ3) is 5.30. The van der Waals surface area contributed by atoms with Crippen LogP contribution in [0.1, 0.15) is 65.3 Å². The van der Waals surface area contributed by atoms with Crippen LogP contribution in [0.3, 0.4) is 0 Å². The molecule has 0 aromatic carbocycles. The van der Waals surface area contributed by atoms with Crippen LogP contribution in [0.2, 0.25) is 0 Å². The van der Waals surface area contributed by atoms with E-state index in [9.17, 15) is 14.4 Å². The van der Waals surface area contributed by atoms with Crippen LogP contribution in [0.15, 0.2) is 23.8 Å². The molecule has 1 aromatic rings. The number of carbonyl (C=O) groups excluding carboxylic acids is 3. The summed E-state index contributed by atoms with van der Waals surface area (Å²) in [4.78, 5) is 36.1. The van der Waals surface area contributed by atoms with Crippen LogP contribution in [-0.2, 0) is 9.53 Å². The van der Waals surface area contributed by atoms with Gasteiger partial charge in [0.1, 0.15) is 4.88 Å². The standard InChI is InChI=1S/C18H23NO4S/c1-12(20)15-8-9-16(24-15)18(22)23-13(2)17(21)19-11-10-14-6-4-3-5-7-14/h6,8-9,13H,3-5,7,10-11H2,1-2H3,(H,19,21). The van der Waals surface area contributed by atoms with Crippen molar-refractivity contribution >= 4 is 29.0 Å². The molecular formula is C18H23NO4S. The number of hydrogen-bond acceptors (Lipinski definition) is 5. The first-order valence-corrected chi connectivity index (χ1v) is 9.06. The van der Waals surface area contributed by atoms with Crippen LogP contribution in [0.5, 0.6) is 0 Å². The van der Waals surface area contributed by atoms with Crippen molar-refractivity contribution in [1.29, 1.82) is 0 Å². The Balaban J connectivity index is 1.76. The molecular weight excluding hydrogens is 326 g/mol. The first-order valence-electron chi connectivity index (χ1n) is 8.24. The van der Waals surface area contributed by atoms with Crippen LogP contribution in [0.4, 0.5) is 0 Å². The van der Waals surface area contributed by atoms with E-state index >= 15 is 0 Å². The predicted octanol–water partition coefficient (Wildman–Crippen LogP) is 3.50. The van der Waals surface area contributed by atoms with Gasteiger partial charge in [0.2, 0.25) is 0 Å². The molecule has 1 unspecified atom stereocenters. The minimum Gasteiger partial charge on any atom is -0.448 e. The Morgan fingerprint density at radius 3 is 2.62 bits per heavy atom. The average Bonchev–Trinajstić information content (AvgIpc) is 3.06. The molecule has 0 saturated carbocycles. The van der Waals surface area contributed by atoms with E-state index in [2.05, 4.69) is 11.4 Å². The number of ether oxygens (including phenoxy) is 1. The lowest BCUT2D eigenvalue weighted by molar-refractivity contribution is -0.129. The largest absolute Gasteiger partial charge is 0.448 e. The lowest BCUT2D eigenvalue weighted by atomic mass is 9.97. The van der Waals surface area contributed by atoms with Gasteiger partial charge in [-0.15, -0.1) is 11.3 Å². The van der Waals surface area contributed by atoms with E-state index in [4.69, 9.17) is 4.74 Å². The van der Waals surface area contributed by atoms with E-state index in [-0.39, 0.29) is 11.7 Å². The normalized spacial score (nSPS) is 15.3. The number of carbonyl (C=O) groups is 3. The Bertz CT molecular complexity index is 647. The Kier molecular flexibility index (Phi) is 6.73. The molecule has 1 heterocycles. The third-order valence-electron chi connectivity index (χ3n) is 3.94. The number of nitrogens with one attached hydrogen (secondary N) is 1. The number of amides is 1. The summed E-state index contributed by atoms with van der Waals surface area (Å²) in [6.45, 7) is 3.55. The topological polar surface area (TPSA) is 72.5 Å². The summed E-state index contributed by atoms with van der Waals surface area (Å²) in [5.41, 5.74) is 1.39. The van der Waals surface area contributed by atoms with Crippen LogP contribution in [0, 0.1) is 0 Å². The lowest BCUT2D eigenvalue weighted by Gasteiger charge is -2.15. The molecule has 1 amide bonds. The van der Waals surface area contributed by atoms with Gasteiger partial charge in [-0.2, -0.15) is 0 Å². The maximum atomic E-state index is 12.0. The maximum absolute atomic E-state index is 12.0. The Morgan fingerprint density at radius 1 is 1.25 bits per heavy atom. The zero-order valence-electron chi connectivity index (χ0n) is 14.1. The first kappa shape index (κ1) is 18.4. The molecule has 0 aliphatic heterocycles. The first-order chi connectivity index (χ1) is 11.5. The highest BCUT2D eigenvalue weighted by Gasteiger charge is 2.20. The maximum Gasteiger partial charge on any atom is 0.349 e. The molecule has 130 valence electrons. The van der Waals surface area contributed by atoms with Gasteiger partial charge < -0.3 is 10.1 Å². The molecule has 1 aliphatic rings. The molecule has 1 aliphatic carbocycles. The van der Waals surface area contributed by atoms with Gasteiger partial charge in [-0.05, 0) is 58.1 Å². The monoisotopic (exact) mass is 349 g/mol. The molecule has 6 heteroatoms. The van der Waals surface area contributed by atoms with Crippen molar-refractivity contribution in [1.82, 2.24) is 5.32 Å². The average molecular weight is 349 g/mol. The van der Waals surface area contributed by atoms with Crippen molar-refractivity contribution < 1.29 is 19.1 Å². The third-order valence-corrected chi connectivity index (χ3v) is 5.10. The molecule has 0 spiro atoms. The summed E-state index contributed by atoms with van der Waals surface area (Å²) >= 11 is 1.08. The van der Waals surface area contributed by atoms with E-state index < -0.39 is 12.1 Å². The van der Waals surface area contributed by atoms with Gasteiger partial charge in [0.25, 0.3) is 5.91 Å². The smallest absolute Gasteiger partial charge is 0.349 e. The van der Waals surface area contributed by atoms with Crippen molar-refractivity contribution in [2.24, 2.45) is 0 Å². The van der Waals surface area contributed by atoms with Crippen LogP contribution in [0.25, 0.3) is 0 Å². The van der Waals surface area contributed by atoms with E-state index in [1.54, 1.807) is 19.1 Å². The highest BCUT2D eigenvalue weighted by Crippen LogP contribution is 2.20. The van der Waals surface area contributed by atoms with Crippen LogP contribution in [-0.4, -0.2) is 30.3 Å². The summed E-state index contributed by atoms with van der Waals surface area (Å²) in [6, 6.07) is 3.14. The van der Waals surface area contributed by atoms with Crippen LogP contribution < -0.4 is 5.32 Å². The fourth-order valence-electron chi connectivity index (χ4n) is 2.53. The predicted molar refractivity (Wildman–Crippen MR) is 93.4 cm³/mol. The molecule has 0 fully saturated rings. The van der Waals surface area contributed by atoms with Crippen molar-refractivity contribution in [3.63, 3.8) is 0 Å². The van der Waals surface area contributed by atoms with Crippen molar-refractivity contribution in [3.8, 4) is 0 Å². The Hall–Kier alpha value is -1.95. The van der Waals surface area contributed by atoms with E-state index in [0.717, 1.165) is 30.6 Å². The fourth-order valence-corrected chi connectivity index (χ4v) is 3.31. The van der Waals surface area contributed by atoms with Crippen LogP contribution >= 0.6 is 11.3 Å². The van der Waals surface area contributed by atoms with Crippen molar-refractivity contribution in [2.75, 3.05) is 6.54 Å². The van der Waals surface area contributed by atoms with E-state index in [0.29, 0.717) is 16.3 Å². The summed E-state index contributed by atoms with van der Waals surface area (Å²) in [5.74, 6) is -0.977. The number of allylic oxidation sites excluding steroid dienone is 1. The number of rotatable bonds is 7. The molecule has 2 rings (SSSR count). The van der Waals surface area contributed by atoms with Gasteiger partial charge in [-0.25, -0.2) is 4.79 Å². The van der Waals surface area contributed by atoms with Crippen molar-refractivity contribution in [3.05, 3.63) is 33.5 Å². The molecule has 1 atom stereocenters. The van der Waals surface area contributed by atoms with Gasteiger partial charge in [0.05, 0.1) is 4.88 Å². The number of esters is 1. The van der Waals surface area contributed by atoms with E-state index in [1.165, 1.54) is 25.3 Å². The molecule has 5 nitrogen and oxygen atoms in total. The highest BCUT2D eigenvalue weighted by molar-refractivity contribution is 7.15. The second-order valence-corrected chi connectivity index (χ2v) is 7.00. The zero-order valence-corrected chi connectivity index (χ0v) is 14.9. The fraction of sp³-hybridized carbons (Fsp3) is 0.500. The Labute approximate surface area is 146 Å². The molecule has 0 saturated heterocycles. The van der Waals surface area contributed by atoms with Gasteiger partial charge >= 0.3 is 5.97 Å². The minimum absolute atomic E-state index is 0.0955. The van der Waals surface area contributed by atoms with Gasteiger partial charge in [-0.1, -0.05) is 11.6 Å². The van der Waals surface area contributed by atoms with Gasteiger partial charge in [-0.3, -0.25) is 9.59 Å². The quantitative estimate of drug-likeness (QED) is 0.464. The number of ketones is 1. The summed E-state index contributed by atoms with van der Waals surface area (Å²) in [5, 5.41) is 2.80. The SMILES string of the molecule is CC(=O)c1ccc(C(=O)OC(C)C(=O)NCCC2=CCCCC2)s1. The zero-order chi connectivity index (χ0) is 17.5. The second-order valence-electron chi connectivity index (χ2n) is 5.92. The summed E-state index contributed by atoms with van der Waals surface area (Å²) in [7, 11) is 0. The summed E-state index contributed by atoms with van der Waals surface area (Å²) in [6.07, 6.45) is 6.94. The molecule has 24 heavy (non-hydrogen) atoms. The second kappa shape index (κ2) is 8.78. The number of Topliss-reactive ketones (excluding diaryl/α,β-unsaturated/α-hetero) is 1. The molecule has 0 bridgehead atoms. The molecule has 1 N–H and O–H groups in total. The Morgan fingerprint density at radius 2 is 2.00 bits per heavy atom. The van der Waals surface area contributed by atoms with Gasteiger partial charge in [0.15, 0.2) is 11.9 Å². The summed E-state index contributed by atoms with van der Waals surface area (Å²) < 4.78 is 5.17. The van der Waals surface area contributed by atoms with E-state index in [1.807, 2.05) is 0 Å². The number of thiophene rings is 1. The molecule has 0 radical (unpaired) electrons.